The van der Waals surface area contributed by atoms with Crippen LogP contribution >= 0.6 is 23.1 Å². The van der Waals surface area contributed by atoms with Gasteiger partial charge in [0.25, 0.3) is 0 Å². The molecular weight excluding hydrogens is 354 g/mol. The molecule has 2 N–H and O–H groups in total. The highest BCUT2D eigenvalue weighted by Crippen LogP contribution is 2.38. The monoisotopic (exact) mass is 371 g/mol. The minimum absolute atomic E-state index is 0.0746. The first kappa shape index (κ1) is 16.3. The summed E-state index contributed by atoms with van der Waals surface area (Å²) in [6.07, 6.45) is 2.35. The number of carbonyl (C=O) groups is 1. The summed E-state index contributed by atoms with van der Waals surface area (Å²) in [7, 11) is 0. The number of hydrogen-bond donors (Lipinski definition) is 2. The Labute approximate surface area is 153 Å². The Bertz CT molecular complexity index is 900. The molecule has 25 heavy (non-hydrogen) atoms. The van der Waals surface area contributed by atoms with E-state index in [1.807, 2.05) is 36.6 Å². The van der Waals surface area contributed by atoms with Gasteiger partial charge in [-0.2, -0.15) is 0 Å². The molecule has 1 aromatic carbocycles. The molecule has 0 saturated heterocycles. The van der Waals surface area contributed by atoms with E-state index in [9.17, 15) is 4.79 Å². The number of anilines is 1. The van der Waals surface area contributed by atoms with Crippen LogP contribution in [0.4, 0.5) is 5.69 Å². The number of aryl methyl sites for hydroxylation is 1. The first-order valence-corrected chi connectivity index (χ1v) is 9.91. The van der Waals surface area contributed by atoms with Crippen molar-refractivity contribution in [2.75, 3.05) is 11.1 Å². The standard InChI is InChI=1S/C17H17N5OS2/c1-10-18-14(8-24-10)12-3-2-4-13(7-12)19-15(23)9-25-17-20-16(21-22-17)11-5-6-11/h2-4,7-8,11H,5-6,9H2,1H3,(H,19,23)(H,20,21,22). The molecule has 1 aliphatic rings. The fraction of sp³-hybridized carbons (Fsp3) is 0.294. The van der Waals surface area contributed by atoms with E-state index in [0.717, 1.165) is 27.8 Å². The van der Waals surface area contributed by atoms with Crippen LogP contribution in [-0.2, 0) is 4.79 Å². The minimum Gasteiger partial charge on any atom is -0.325 e. The summed E-state index contributed by atoms with van der Waals surface area (Å²) in [5, 5.41) is 13.7. The topological polar surface area (TPSA) is 83.6 Å². The molecule has 0 aliphatic heterocycles. The van der Waals surface area contributed by atoms with Gasteiger partial charge in [0.15, 0.2) is 0 Å². The predicted octanol–water partition coefficient (Wildman–Crippen LogP) is 3.84. The van der Waals surface area contributed by atoms with Gasteiger partial charge in [-0.05, 0) is 31.9 Å². The molecule has 2 aromatic heterocycles. The summed E-state index contributed by atoms with van der Waals surface area (Å²) in [6, 6.07) is 7.73. The average molecular weight is 371 g/mol. The maximum absolute atomic E-state index is 12.2. The van der Waals surface area contributed by atoms with Crippen molar-refractivity contribution in [2.24, 2.45) is 0 Å². The van der Waals surface area contributed by atoms with Crippen LogP contribution in [0.1, 0.15) is 29.6 Å². The van der Waals surface area contributed by atoms with Crippen molar-refractivity contribution in [1.29, 1.82) is 0 Å². The van der Waals surface area contributed by atoms with Crippen molar-refractivity contribution >= 4 is 34.7 Å². The van der Waals surface area contributed by atoms with E-state index in [1.54, 1.807) is 11.3 Å². The van der Waals surface area contributed by atoms with E-state index >= 15 is 0 Å². The van der Waals surface area contributed by atoms with Gasteiger partial charge in [-0.15, -0.1) is 16.4 Å². The van der Waals surface area contributed by atoms with Crippen LogP contribution in [0, 0.1) is 6.92 Å². The highest BCUT2D eigenvalue weighted by atomic mass is 32.2. The number of carbonyl (C=O) groups excluding carboxylic acids is 1. The van der Waals surface area contributed by atoms with Crippen LogP contribution in [0.2, 0.25) is 0 Å². The SMILES string of the molecule is Cc1nc(-c2cccc(NC(=O)CSc3n[nH]c(C4CC4)n3)c2)cs1. The van der Waals surface area contributed by atoms with E-state index in [-0.39, 0.29) is 11.7 Å². The molecule has 4 rings (SSSR count). The third-order valence-corrected chi connectivity index (χ3v) is 5.46. The maximum atomic E-state index is 12.2. The molecule has 1 fully saturated rings. The van der Waals surface area contributed by atoms with Crippen LogP contribution in [0.3, 0.4) is 0 Å². The third kappa shape index (κ3) is 4.08. The Morgan fingerprint density at radius 1 is 1.40 bits per heavy atom. The van der Waals surface area contributed by atoms with Gasteiger partial charge in [0.1, 0.15) is 5.82 Å². The Morgan fingerprint density at radius 2 is 2.28 bits per heavy atom. The molecule has 1 amide bonds. The molecule has 0 unspecified atom stereocenters. The number of thioether (sulfide) groups is 1. The van der Waals surface area contributed by atoms with Gasteiger partial charge >= 0.3 is 0 Å². The Morgan fingerprint density at radius 3 is 3.04 bits per heavy atom. The molecule has 0 spiro atoms. The number of aromatic nitrogens is 4. The number of hydrogen-bond acceptors (Lipinski definition) is 6. The number of nitrogens with one attached hydrogen (secondary N) is 2. The lowest BCUT2D eigenvalue weighted by molar-refractivity contribution is -0.113. The Kier molecular flexibility index (Phi) is 4.54. The first-order chi connectivity index (χ1) is 12.2. The van der Waals surface area contributed by atoms with Crippen LogP contribution in [0.25, 0.3) is 11.3 Å². The van der Waals surface area contributed by atoms with E-state index in [1.165, 1.54) is 24.6 Å². The molecule has 1 aliphatic carbocycles. The second-order valence-corrected chi connectivity index (χ2v) is 7.95. The summed E-state index contributed by atoms with van der Waals surface area (Å²) >= 11 is 2.96. The molecular formula is C17H17N5OS2. The van der Waals surface area contributed by atoms with Gasteiger partial charge in [-0.25, -0.2) is 9.97 Å². The second-order valence-electron chi connectivity index (χ2n) is 5.95. The molecule has 8 heteroatoms. The number of H-pyrrole nitrogens is 1. The van der Waals surface area contributed by atoms with Crippen LogP contribution in [0.5, 0.6) is 0 Å². The molecule has 0 radical (unpaired) electrons. The fourth-order valence-electron chi connectivity index (χ4n) is 2.44. The van der Waals surface area contributed by atoms with Gasteiger partial charge in [-0.3, -0.25) is 9.89 Å². The number of thiazole rings is 1. The normalized spacial score (nSPS) is 13.8. The summed E-state index contributed by atoms with van der Waals surface area (Å²) in [4.78, 5) is 21.1. The molecule has 6 nitrogen and oxygen atoms in total. The summed E-state index contributed by atoms with van der Waals surface area (Å²) in [6.45, 7) is 1.98. The lowest BCUT2D eigenvalue weighted by atomic mass is 10.1. The van der Waals surface area contributed by atoms with Crippen molar-refractivity contribution in [1.82, 2.24) is 20.2 Å². The van der Waals surface area contributed by atoms with Crippen molar-refractivity contribution in [3.63, 3.8) is 0 Å². The lowest BCUT2D eigenvalue weighted by Gasteiger charge is -2.05. The number of rotatable bonds is 6. The quantitative estimate of drug-likeness (QED) is 0.643. The maximum Gasteiger partial charge on any atom is 0.234 e. The molecule has 0 atom stereocenters. The summed E-state index contributed by atoms with van der Waals surface area (Å²) < 4.78 is 0. The van der Waals surface area contributed by atoms with Crippen LogP contribution < -0.4 is 5.32 Å². The smallest absolute Gasteiger partial charge is 0.234 e. The molecule has 1 saturated carbocycles. The third-order valence-electron chi connectivity index (χ3n) is 3.84. The Balaban J connectivity index is 1.35. The zero-order chi connectivity index (χ0) is 17.2. The largest absolute Gasteiger partial charge is 0.325 e. The number of aromatic amines is 1. The van der Waals surface area contributed by atoms with Crippen molar-refractivity contribution in [2.45, 2.75) is 30.8 Å². The molecule has 128 valence electrons. The molecule has 2 heterocycles. The van der Waals surface area contributed by atoms with E-state index in [0.29, 0.717) is 11.1 Å². The number of benzene rings is 1. The average Bonchev–Trinajstić information content (AvgIpc) is 3.19. The van der Waals surface area contributed by atoms with Crippen LogP contribution in [-0.4, -0.2) is 31.8 Å². The van der Waals surface area contributed by atoms with Crippen molar-refractivity contribution in [3.05, 3.63) is 40.5 Å². The first-order valence-electron chi connectivity index (χ1n) is 8.05. The highest BCUT2D eigenvalue weighted by molar-refractivity contribution is 7.99. The van der Waals surface area contributed by atoms with Crippen molar-refractivity contribution in [3.8, 4) is 11.3 Å². The number of amides is 1. The van der Waals surface area contributed by atoms with E-state index < -0.39 is 0 Å². The zero-order valence-electron chi connectivity index (χ0n) is 13.7. The summed E-state index contributed by atoms with van der Waals surface area (Å²) in [5.41, 5.74) is 2.70. The van der Waals surface area contributed by atoms with Gasteiger partial charge in [0.05, 0.1) is 16.5 Å². The zero-order valence-corrected chi connectivity index (χ0v) is 15.3. The van der Waals surface area contributed by atoms with Gasteiger partial charge < -0.3 is 5.32 Å². The lowest BCUT2D eigenvalue weighted by Crippen LogP contribution is -2.14. The second kappa shape index (κ2) is 6.97. The molecule has 0 bridgehead atoms. The highest BCUT2D eigenvalue weighted by Gasteiger charge is 2.27. The fourth-order valence-corrected chi connectivity index (χ4v) is 3.67. The van der Waals surface area contributed by atoms with Gasteiger partial charge in [0, 0.05) is 22.5 Å². The summed E-state index contributed by atoms with van der Waals surface area (Å²) in [5.74, 6) is 1.68. The van der Waals surface area contributed by atoms with E-state index in [4.69, 9.17) is 0 Å². The predicted molar refractivity (Wildman–Crippen MR) is 100.0 cm³/mol. The number of nitrogens with zero attached hydrogens (tertiary/aromatic N) is 3. The van der Waals surface area contributed by atoms with Crippen LogP contribution in [0.15, 0.2) is 34.8 Å². The minimum atomic E-state index is -0.0746. The van der Waals surface area contributed by atoms with Gasteiger partial charge in [-0.1, -0.05) is 23.9 Å². The van der Waals surface area contributed by atoms with E-state index in [2.05, 4.69) is 25.5 Å². The van der Waals surface area contributed by atoms with Gasteiger partial charge in [0.2, 0.25) is 11.1 Å². The van der Waals surface area contributed by atoms with Crippen molar-refractivity contribution < 1.29 is 4.79 Å². The molecule has 3 aromatic rings. The Hall–Kier alpha value is -2.19.